The molecule has 21 heavy (non-hydrogen) atoms. The summed E-state index contributed by atoms with van der Waals surface area (Å²) >= 11 is 3.81. The van der Waals surface area contributed by atoms with E-state index in [9.17, 15) is 0 Å². The molecule has 1 aromatic carbocycles. The molecule has 0 bridgehead atoms. The van der Waals surface area contributed by atoms with E-state index >= 15 is 0 Å². The van der Waals surface area contributed by atoms with Crippen molar-refractivity contribution in [1.82, 2.24) is 5.32 Å². The molecule has 1 saturated carbocycles. The van der Waals surface area contributed by atoms with Crippen molar-refractivity contribution in [3.8, 4) is 0 Å². The smallest absolute Gasteiger partial charge is 0.0513 e. The molecule has 0 unspecified atom stereocenters. The van der Waals surface area contributed by atoms with E-state index in [-0.39, 0.29) is 0 Å². The summed E-state index contributed by atoms with van der Waals surface area (Å²) in [4.78, 5) is 2.64. The van der Waals surface area contributed by atoms with E-state index in [1.807, 2.05) is 0 Å². The molecule has 0 spiro atoms. The third kappa shape index (κ3) is 4.72. The second-order valence-corrected chi connectivity index (χ2v) is 7.40. The van der Waals surface area contributed by atoms with Crippen LogP contribution >= 0.6 is 15.9 Å². The fourth-order valence-electron chi connectivity index (χ4n) is 3.22. The maximum absolute atomic E-state index is 3.81. The SMILES string of the molecule is CCNCc1ccc(N(CC(C)C)C2CCCC2)c(Br)c1. The van der Waals surface area contributed by atoms with Crippen molar-refractivity contribution in [3.05, 3.63) is 28.2 Å². The van der Waals surface area contributed by atoms with Gasteiger partial charge in [0.05, 0.1) is 5.69 Å². The van der Waals surface area contributed by atoms with Crippen LogP contribution in [-0.2, 0) is 6.54 Å². The quantitative estimate of drug-likeness (QED) is 0.745. The van der Waals surface area contributed by atoms with Crippen LogP contribution in [0.4, 0.5) is 5.69 Å². The van der Waals surface area contributed by atoms with Gasteiger partial charge in [-0.2, -0.15) is 0 Å². The van der Waals surface area contributed by atoms with Gasteiger partial charge in [0, 0.05) is 23.6 Å². The predicted octanol–water partition coefficient (Wildman–Crippen LogP) is 4.96. The minimum Gasteiger partial charge on any atom is -0.367 e. The van der Waals surface area contributed by atoms with Crippen molar-refractivity contribution in [3.63, 3.8) is 0 Å². The normalized spacial score (nSPS) is 15.9. The number of nitrogens with one attached hydrogen (secondary N) is 1. The summed E-state index contributed by atoms with van der Waals surface area (Å²) in [6.45, 7) is 9.89. The third-order valence-corrected chi connectivity index (χ3v) is 4.86. The first kappa shape index (κ1) is 16.8. The number of rotatable bonds is 7. The molecule has 0 aromatic heterocycles. The van der Waals surface area contributed by atoms with Gasteiger partial charge in [0.15, 0.2) is 0 Å². The molecule has 1 aliphatic rings. The molecule has 0 radical (unpaired) electrons. The molecule has 0 saturated heterocycles. The zero-order valence-electron chi connectivity index (χ0n) is 13.7. The highest BCUT2D eigenvalue weighted by Gasteiger charge is 2.24. The highest BCUT2D eigenvalue weighted by Crippen LogP contribution is 2.34. The summed E-state index contributed by atoms with van der Waals surface area (Å²) < 4.78 is 1.24. The van der Waals surface area contributed by atoms with Gasteiger partial charge >= 0.3 is 0 Å². The summed E-state index contributed by atoms with van der Waals surface area (Å²) in [7, 11) is 0. The Kier molecular flexibility index (Phi) is 6.56. The van der Waals surface area contributed by atoms with Crippen LogP contribution < -0.4 is 10.2 Å². The number of anilines is 1. The Hall–Kier alpha value is -0.540. The van der Waals surface area contributed by atoms with Gasteiger partial charge < -0.3 is 10.2 Å². The molecule has 0 heterocycles. The molecule has 1 aliphatic carbocycles. The minimum absolute atomic E-state index is 0.693. The van der Waals surface area contributed by atoms with E-state index in [1.165, 1.54) is 41.4 Å². The Labute approximate surface area is 138 Å². The number of benzene rings is 1. The van der Waals surface area contributed by atoms with Gasteiger partial charge in [0.1, 0.15) is 0 Å². The fraction of sp³-hybridized carbons (Fsp3) is 0.667. The Balaban J connectivity index is 2.18. The van der Waals surface area contributed by atoms with E-state index in [1.54, 1.807) is 0 Å². The van der Waals surface area contributed by atoms with Gasteiger partial charge in [-0.3, -0.25) is 0 Å². The number of halogens is 1. The standard InChI is InChI=1S/C18H29BrN2/c1-4-20-12-15-9-10-18(17(19)11-15)21(13-14(2)3)16-7-5-6-8-16/h9-11,14,16,20H,4-8,12-13H2,1-3H3. The molecular weight excluding hydrogens is 324 g/mol. The summed E-state index contributed by atoms with van der Waals surface area (Å²) in [5.41, 5.74) is 2.72. The monoisotopic (exact) mass is 352 g/mol. The minimum atomic E-state index is 0.693. The van der Waals surface area contributed by atoms with Crippen molar-refractivity contribution in [2.24, 2.45) is 5.92 Å². The molecule has 118 valence electrons. The van der Waals surface area contributed by atoms with Crippen LogP contribution in [-0.4, -0.2) is 19.1 Å². The van der Waals surface area contributed by atoms with Crippen molar-refractivity contribution < 1.29 is 0 Å². The fourth-order valence-corrected chi connectivity index (χ4v) is 3.87. The van der Waals surface area contributed by atoms with Crippen LogP contribution in [0.2, 0.25) is 0 Å². The van der Waals surface area contributed by atoms with Crippen LogP contribution in [0.25, 0.3) is 0 Å². The maximum Gasteiger partial charge on any atom is 0.0513 e. The lowest BCUT2D eigenvalue weighted by molar-refractivity contribution is 0.535. The van der Waals surface area contributed by atoms with Gasteiger partial charge in [0.2, 0.25) is 0 Å². The zero-order valence-corrected chi connectivity index (χ0v) is 15.2. The van der Waals surface area contributed by atoms with Crippen LogP contribution in [0.5, 0.6) is 0 Å². The predicted molar refractivity (Wildman–Crippen MR) is 96.0 cm³/mol. The summed E-state index contributed by atoms with van der Waals surface area (Å²) in [5.74, 6) is 0.693. The van der Waals surface area contributed by atoms with Crippen LogP contribution in [0.1, 0.15) is 52.0 Å². The van der Waals surface area contributed by atoms with Crippen LogP contribution in [0.15, 0.2) is 22.7 Å². The first-order valence-corrected chi connectivity index (χ1v) is 9.17. The van der Waals surface area contributed by atoms with E-state index in [0.29, 0.717) is 5.92 Å². The molecule has 0 amide bonds. The van der Waals surface area contributed by atoms with Gasteiger partial charge in [-0.15, -0.1) is 0 Å². The molecule has 0 atom stereocenters. The van der Waals surface area contributed by atoms with Gasteiger partial charge in [-0.25, -0.2) is 0 Å². The first-order valence-electron chi connectivity index (χ1n) is 8.37. The molecule has 1 fully saturated rings. The zero-order chi connectivity index (χ0) is 15.2. The topological polar surface area (TPSA) is 15.3 Å². The molecular formula is C18H29BrN2. The molecule has 2 rings (SSSR count). The van der Waals surface area contributed by atoms with Crippen molar-refractivity contribution in [2.75, 3.05) is 18.0 Å². The molecule has 3 heteroatoms. The Morgan fingerprint density at radius 3 is 2.57 bits per heavy atom. The molecule has 1 N–H and O–H groups in total. The number of hydrogen-bond acceptors (Lipinski definition) is 2. The highest BCUT2D eigenvalue weighted by atomic mass is 79.9. The van der Waals surface area contributed by atoms with Gasteiger partial charge in [0.25, 0.3) is 0 Å². The second-order valence-electron chi connectivity index (χ2n) is 6.55. The van der Waals surface area contributed by atoms with Crippen LogP contribution in [0.3, 0.4) is 0 Å². The highest BCUT2D eigenvalue weighted by molar-refractivity contribution is 9.10. The van der Waals surface area contributed by atoms with E-state index in [0.717, 1.165) is 25.7 Å². The van der Waals surface area contributed by atoms with E-state index in [4.69, 9.17) is 0 Å². The summed E-state index contributed by atoms with van der Waals surface area (Å²) in [5, 5.41) is 3.39. The third-order valence-electron chi connectivity index (χ3n) is 4.23. The lowest BCUT2D eigenvalue weighted by Crippen LogP contribution is -2.36. The Bertz CT molecular complexity index is 439. The lowest BCUT2D eigenvalue weighted by atomic mass is 10.1. The summed E-state index contributed by atoms with van der Waals surface area (Å²) in [6.07, 6.45) is 5.46. The molecule has 1 aromatic rings. The Morgan fingerprint density at radius 1 is 1.29 bits per heavy atom. The van der Waals surface area contributed by atoms with Crippen molar-refractivity contribution in [2.45, 2.75) is 59.0 Å². The summed E-state index contributed by atoms with van der Waals surface area (Å²) in [6, 6.07) is 7.58. The van der Waals surface area contributed by atoms with Crippen LogP contribution in [0, 0.1) is 5.92 Å². The maximum atomic E-state index is 3.81. The van der Waals surface area contributed by atoms with Crippen molar-refractivity contribution in [1.29, 1.82) is 0 Å². The second kappa shape index (κ2) is 8.19. The molecule has 2 nitrogen and oxygen atoms in total. The first-order chi connectivity index (χ1) is 10.1. The average molecular weight is 353 g/mol. The molecule has 0 aliphatic heterocycles. The number of hydrogen-bond donors (Lipinski definition) is 1. The average Bonchev–Trinajstić information content (AvgIpc) is 2.97. The lowest BCUT2D eigenvalue weighted by Gasteiger charge is -2.33. The Morgan fingerprint density at radius 2 is 2.00 bits per heavy atom. The van der Waals surface area contributed by atoms with Crippen molar-refractivity contribution >= 4 is 21.6 Å². The van der Waals surface area contributed by atoms with Gasteiger partial charge in [-0.05, 0) is 58.9 Å². The largest absolute Gasteiger partial charge is 0.367 e. The van der Waals surface area contributed by atoms with E-state index < -0.39 is 0 Å². The van der Waals surface area contributed by atoms with Gasteiger partial charge in [-0.1, -0.05) is 39.7 Å². The number of nitrogens with zero attached hydrogens (tertiary/aromatic N) is 1. The van der Waals surface area contributed by atoms with E-state index in [2.05, 4.69) is 65.1 Å².